The summed E-state index contributed by atoms with van der Waals surface area (Å²) >= 11 is 0. The maximum absolute atomic E-state index is 9.12. The molecule has 23 valence electrons. The Balaban J connectivity index is 2.55. The molecule has 4 heavy (non-hydrogen) atoms. The fourth-order valence-electron chi connectivity index (χ4n) is 0. The van der Waals surface area contributed by atoms with Crippen LogP contribution >= 0.6 is 0 Å². The van der Waals surface area contributed by atoms with Gasteiger partial charge in [-0.3, -0.25) is 5.11 Å². The molecule has 0 saturated carbocycles. The van der Waals surface area contributed by atoms with Crippen LogP contribution in [0.3, 0.4) is 0 Å². The molecule has 0 aromatic carbocycles. The van der Waals surface area contributed by atoms with Crippen LogP contribution in [0.2, 0.25) is 0 Å². The van der Waals surface area contributed by atoms with E-state index in [2.05, 4.69) is 0 Å². The van der Waals surface area contributed by atoms with E-state index in [0.717, 1.165) is 6.26 Å². The molecular weight excluding hydrogens is 52.0 g/mol. The molecule has 0 unspecified atom stereocenters. The van der Waals surface area contributed by atoms with Gasteiger partial charge in [0.15, 0.2) is 0 Å². The Morgan fingerprint density at radius 2 is 2.00 bits per heavy atom. The van der Waals surface area contributed by atoms with Crippen LogP contribution in [0.4, 0.5) is 0 Å². The number of hydrogen-bond donors (Lipinski definition) is 0. The molecule has 1 nitrogen and oxygen atoms in total. The molecule has 0 atom stereocenters. The van der Waals surface area contributed by atoms with Crippen molar-refractivity contribution in [2.24, 2.45) is 0 Å². The van der Waals surface area contributed by atoms with Gasteiger partial charge in [0.05, 0.1) is 0 Å². The molecule has 0 aliphatic heterocycles. The molecule has 0 aliphatic carbocycles. The maximum atomic E-state index is 9.12. The van der Waals surface area contributed by atoms with E-state index in [-0.39, 0.29) is 0 Å². The van der Waals surface area contributed by atoms with E-state index < -0.39 is 0 Å². The molecule has 0 fully saturated rings. The summed E-state index contributed by atoms with van der Waals surface area (Å²) < 4.78 is 0. The lowest BCUT2D eigenvalue weighted by Gasteiger charge is -1.45. The highest BCUT2D eigenvalue weighted by molar-refractivity contribution is 4.60. The predicted octanol–water partition coefficient (Wildman–Crippen LogP) is 0.951. The van der Waals surface area contributed by atoms with E-state index in [1.807, 2.05) is 0 Å². The lowest BCUT2D eigenvalue weighted by Crippen LogP contribution is -1.32. The van der Waals surface area contributed by atoms with Crippen molar-refractivity contribution in [3.05, 3.63) is 12.3 Å². The van der Waals surface area contributed by atoms with Crippen molar-refractivity contribution in [2.45, 2.75) is 6.92 Å². The first-order valence-electron chi connectivity index (χ1n) is 1.15. The van der Waals surface area contributed by atoms with Crippen molar-refractivity contribution >= 4 is 0 Å². The van der Waals surface area contributed by atoms with Crippen molar-refractivity contribution in [3.63, 3.8) is 0 Å². The summed E-state index contributed by atoms with van der Waals surface area (Å²) in [6.07, 6.45) is 2.19. The van der Waals surface area contributed by atoms with Gasteiger partial charge in [-0.15, -0.1) is 0 Å². The van der Waals surface area contributed by atoms with Crippen LogP contribution in [-0.2, 0) is 5.11 Å². The number of rotatable bonds is 0. The van der Waals surface area contributed by atoms with E-state index in [1.54, 1.807) is 6.92 Å². The molecule has 1 radical (unpaired) electrons. The lowest BCUT2D eigenvalue weighted by atomic mass is 10.8. The Bertz CT molecular complexity index is 18.5. The summed E-state index contributed by atoms with van der Waals surface area (Å²) in [6, 6.07) is 0. The van der Waals surface area contributed by atoms with Gasteiger partial charge in [0.2, 0.25) is 0 Å². The molecule has 0 saturated heterocycles. The van der Waals surface area contributed by atoms with E-state index in [1.165, 1.54) is 6.08 Å². The highest BCUT2D eigenvalue weighted by Crippen LogP contribution is 1.53. The van der Waals surface area contributed by atoms with E-state index in [0.29, 0.717) is 0 Å². The van der Waals surface area contributed by atoms with Crippen LogP contribution in [0.15, 0.2) is 12.3 Å². The molecule has 0 amide bonds. The standard InChI is InChI=1S/C3H5O/c1-2-3-4/h2-3H,1H3/b3-2-. The SMILES string of the molecule is C/C=C\[O]. The highest BCUT2D eigenvalue weighted by atomic mass is 16.2. The van der Waals surface area contributed by atoms with Gasteiger partial charge < -0.3 is 0 Å². The van der Waals surface area contributed by atoms with Crippen LogP contribution in [0.5, 0.6) is 0 Å². The van der Waals surface area contributed by atoms with E-state index in [4.69, 9.17) is 5.11 Å². The molecule has 0 aromatic heterocycles. The fourth-order valence-corrected chi connectivity index (χ4v) is 0. The summed E-state index contributed by atoms with van der Waals surface area (Å²) in [5.41, 5.74) is 0. The second-order valence-electron chi connectivity index (χ2n) is 0.469. The van der Waals surface area contributed by atoms with Gasteiger partial charge in [-0.1, -0.05) is 0 Å². The third-order valence-electron chi connectivity index (χ3n) is 0.136. The van der Waals surface area contributed by atoms with Crippen LogP contribution < -0.4 is 0 Å². The molecule has 0 aliphatic rings. The van der Waals surface area contributed by atoms with Crippen molar-refractivity contribution < 1.29 is 5.11 Å². The first kappa shape index (κ1) is 3.54. The summed E-state index contributed by atoms with van der Waals surface area (Å²) in [6.45, 7) is 1.69. The Morgan fingerprint density at radius 1 is 1.75 bits per heavy atom. The minimum atomic E-state index is 0.750. The maximum Gasteiger partial charge on any atom is 0.138 e. The largest absolute Gasteiger partial charge is 0.299 e. The normalized spacial score (nSPS) is 9.25. The van der Waals surface area contributed by atoms with Gasteiger partial charge in [0, 0.05) is 0 Å². The molecule has 0 N–H and O–H groups in total. The van der Waals surface area contributed by atoms with Gasteiger partial charge in [0.25, 0.3) is 0 Å². The predicted molar refractivity (Wildman–Crippen MR) is 15.5 cm³/mol. The minimum absolute atomic E-state index is 0.750. The summed E-state index contributed by atoms with van der Waals surface area (Å²) in [4.78, 5) is 0. The topological polar surface area (TPSA) is 19.9 Å². The molecular formula is C3H5O. The highest BCUT2D eigenvalue weighted by Gasteiger charge is 1.40. The minimum Gasteiger partial charge on any atom is -0.299 e. The number of allylic oxidation sites excluding steroid dienone is 1. The van der Waals surface area contributed by atoms with Gasteiger partial charge in [-0.2, -0.15) is 0 Å². The molecule has 0 bridgehead atoms. The Morgan fingerprint density at radius 3 is 2.00 bits per heavy atom. The zero-order valence-electron chi connectivity index (χ0n) is 2.56. The monoisotopic (exact) mass is 57.0 g/mol. The van der Waals surface area contributed by atoms with Gasteiger partial charge in [-0.25, -0.2) is 0 Å². The summed E-state index contributed by atoms with van der Waals surface area (Å²) in [5, 5.41) is 9.12. The van der Waals surface area contributed by atoms with Crippen LogP contribution in [0.25, 0.3) is 0 Å². The van der Waals surface area contributed by atoms with Gasteiger partial charge >= 0.3 is 0 Å². The first-order valence-corrected chi connectivity index (χ1v) is 1.15. The Kier molecular flexibility index (Phi) is 2.25. The smallest absolute Gasteiger partial charge is 0.138 e. The summed E-state index contributed by atoms with van der Waals surface area (Å²) in [5.74, 6) is 0. The van der Waals surface area contributed by atoms with Crippen molar-refractivity contribution in [1.29, 1.82) is 0 Å². The van der Waals surface area contributed by atoms with Crippen LogP contribution in [0.1, 0.15) is 6.92 Å². The Labute approximate surface area is 25.6 Å². The lowest BCUT2D eigenvalue weighted by molar-refractivity contribution is 0.351. The molecule has 0 spiro atoms. The van der Waals surface area contributed by atoms with Crippen LogP contribution in [-0.4, -0.2) is 0 Å². The quantitative estimate of drug-likeness (QED) is 0.369. The van der Waals surface area contributed by atoms with E-state index >= 15 is 0 Å². The van der Waals surface area contributed by atoms with Crippen molar-refractivity contribution in [2.75, 3.05) is 0 Å². The molecule has 1 heteroatoms. The van der Waals surface area contributed by atoms with Gasteiger partial charge in [0.1, 0.15) is 6.26 Å². The second-order valence-corrected chi connectivity index (χ2v) is 0.469. The van der Waals surface area contributed by atoms with Crippen LogP contribution in [0, 0.1) is 0 Å². The third kappa shape index (κ3) is 1.54. The number of hydrogen-bond acceptors (Lipinski definition) is 0. The average Bonchev–Trinajstić information content (AvgIpc) is 1.37. The van der Waals surface area contributed by atoms with E-state index in [9.17, 15) is 0 Å². The average molecular weight is 57.1 g/mol. The second kappa shape index (κ2) is 2.54. The summed E-state index contributed by atoms with van der Waals surface area (Å²) in [7, 11) is 0. The van der Waals surface area contributed by atoms with Crippen molar-refractivity contribution in [1.82, 2.24) is 0 Å². The van der Waals surface area contributed by atoms with Gasteiger partial charge in [-0.05, 0) is 13.0 Å². The first-order chi connectivity index (χ1) is 1.91. The molecule has 0 heterocycles. The third-order valence-corrected chi connectivity index (χ3v) is 0.136. The zero-order valence-corrected chi connectivity index (χ0v) is 2.56. The molecule has 0 aromatic rings. The fraction of sp³-hybridized carbons (Fsp3) is 0.333. The zero-order chi connectivity index (χ0) is 3.41. The Hall–Kier alpha value is -0.460. The van der Waals surface area contributed by atoms with Crippen molar-refractivity contribution in [3.8, 4) is 0 Å². The molecule has 0 rings (SSSR count).